The Morgan fingerprint density at radius 2 is 2.23 bits per heavy atom. The minimum atomic E-state index is 0.294. The molecule has 0 saturated heterocycles. The molecule has 0 unspecified atom stereocenters. The van der Waals surface area contributed by atoms with Crippen molar-refractivity contribution >= 4 is 0 Å². The molecule has 0 radical (unpaired) electrons. The lowest BCUT2D eigenvalue weighted by atomic mass is 10.2. The third kappa shape index (κ3) is 1.88. The maximum Gasteiger partial charge on any atom is 0.257 e. The zero-order valence-corrected chi connectivity index (χ0v) is 7.57. The molecular weight excluding hydrogens is 168 g/mol. The van der Waals surface area contributed by atoms with Crippen molar-refractivity contribution in [1.29, 1.82) is 5.26 Å². The van der Waals surface area contributed by atoms with Gasteiger partial charge in [-0.25, -0.2) is 4.98 Å². The van der Waals surface area contributed by atoms with Crippen LogP contribution in [0.3, 0.4) is 0 Å². The van der Waals surface area contributed by atoms with Crippen LogP contribution in [-0.4, -0.2) is 19.2 Å². The molecule has 0 saturated carbocycles. The Kier molecular flexibility index (Phi) is 3.09. The highest BCUT2D eigenvalue weighted by Gasteiger charge is 2.09. The molecule has 0 aliphatic rings. The third-order valence-electron chi connectivity index (χ3n) is 1.62. The van der Waals surface area contributed by atoms with E-state index in [1.807, 2.05) is 6.07 Å². The molecule has 0 atom stereocenters. The summed E-state index contributed by atoms with van der Waals surface area (Å²) in [5.41, 5.74) is 0.789. The zero-order chi connectivity index (χ0) is 9.68. The number of ether oxygens (including phenoxy) is 2. The van der Waals surface area contributed by atoms with Crippen LogP contribution in [0.15, 0.2) is 12.3 Å². The molecule has 1 aromatic rings. The van der Waals surface area contributed by atoms with E-state index in [-0.39, 0.29) is 0 Å². The Balaban J connectivity index is 3.12. The average molecular weight is 178 g/mol. The Labute approximate surface area is 76.7 Å². The first kappa shape index (κ1) is 9.33. The summed E-state index contributed by atoms with van der Waals surface area (Å²) in [5.74, 6) is 0.946. The van der Waals surface area contributed by atoms with Gasteiger partial charge in [0.1, 0.15) is 0 Å². The topological polar surface area (TPSA) is 55.1 Å². The quantitative estimate of drug-likeness (QED) is 0.697. The molecule has 0 aliphatic heterocycles. The second-order valence-electron chi connectivity index (χ2n) is 2.35. The van der Waals surface area contributed by atoms with E-state index in [4.69, 9.17) is 14.7 Å². The SMILES string of the molecule is COc1nccc(CC#N)c1OC. The number of methoxy groups -OCH3 is 2. The summed E-state index contributed by atoms with van der Waals surface area (Å²) < 4.78 is 10.1. The van der Waals surface area contributed by atoms with Crippen LogP contribution in [0.2, 0.25) is 0 Å². The first-order valence-electron chi connectivity index (χ1n) is 3.76. The van der Waals surface area contributed by atoms with Gasteiger partial charge < -0.3 is 9.47 Å². The fourth-order valence-corrected chi connectivity index (χ4v) is 1.05. The summed E-state index contributed by atoms with van der Waals surface area (Å²) in [6, 6.07) is 3.79. The highest BCUT2D eigenvalue weighted by molar-refractivity contribution is 5.42. The number of nitrogens with zero attached hydrogens (tertiary/aromatic N) is 2. The summed E-state index contributed by atoms with van der Waals surface area (Å²) in [6.07, 6.45) is 1.88. The van der Waals surface area contributed by atoms with Crippen LogP contribution in [0.4, 0.5) is 0 Å². The van der Waals surface area contributed by atoms with E-state index >= 15 is 0 Å². The molecule has 0 amide bonds. The molecule has 0 spiro atoms. The maximum atomic E-state index is 8.54. The number of hydrogen-bond acceptors (Lipinski definition) is 4. The summed E-state index contributed by atoms with van der Waals surface area (Å²) in [4.78, 5) is 3.95. The van der Waals surface area contributed by atoms with Gasteiger partial charge in [0.05, 0.1) is 26.7 Å². The van der Waals surface area contributed by atoms with E-state index in [9.17, 15) is 0 Å². The van der Waals surface area contributed by atoms with Crippen LogP contribution in [0.5, 0.6) is 11.6 Å². The van der Waals surface area contributed by atoms with Gasteiger partial charge in [0, 0.05) is 11.8 Å². The van der Waals surface area contributed by atoms with Crippen molar-refractivity contribution in [3.8, 4) is 17.7 Å². The molecular formula is C9H10N2O2. The first-order chi connectivity index (χ1) is 6.33. The van der Waals surface area contributed by atoms with E-state index in [2.05, 4.69) is 4.98 Å². The predicted octanol–water partition coefficient (Wildman–Crippen LogP) is 1.16. The Morgan fingerprint density at radius 1 is 1.46 bits per heavy atom. The fraction of sp³-hybridized carbons (Fsp3) is 0.333. The number of rotatable bonds is 3. The Bertz CT molecular complexity index is 331. The number of nitriles is 1. The molecule has 68 valence electrons. The Hall–Kier alpha value is -1.76. The van der Waals surface area contributed by atoms with Gasteiger partial charge in [-0.3, -0.25) is 0 Å². The largest absolute Gasteiger partial charge is 0.491 e. The van der Waals surface area contributed by atoms with Crippen molar-refractivity contribution in [2.24, 2.45) is 0 Å². The van der Waals surface area contributed by atoms with Gasteiger partial charge in [0.15, 0.2) is 5.75 Å². The molecule has 0 bridgehead atoms. The molecule has 13 heavy (non-hydrogen) atoms. The lowest BCUT2D eigenvalue weighted by molar-refractivity contribution is 0.340. The van der Waals surface area contributed by atoms with Crippen LogP contribution >= 0.6 is 0 Å². The molecule has 0 aromatic carbocycles. The van der Waals surface area contributed by atoms with Gasteiger partial charge in [-0.05, 0) is 6.07 Å². The van der Waals surface area contributed by atoms with Crippen molar-refractivity contribution < 1.29 is 9.47 Å². The van der Waals surface area contributed by atoms with Crippen molar-refractivity contribution in [2.45, 2.75) is 6.42 Å². The Morgan fingerprint density at radius 3 is 2.77 bits per heavy atom. The summed E-state index contributed by atoms with van der Waals surface area (Å²) in [6.45, 7) is 0. The number of hydrogen-bond donors (Lipinski definition) is 0. The molecule has 1 heterocycles. The van der Waals surface area contributed by atoms with Gasteiger partial charge in [-0.2, -0.15) is 5.26 Å². The van der Waals surface area contributed by atoms with Gasteiger partial charge in [0.2, 0.25) is 0 Å². The molecule has 4 nitrogen and oxygen atoms in total. The maximum absolute atomic E-state index is 8.54. The van der Waals surface area contributed by atoms with Crippen molar-refractivity contribution in [3.05, 3.63) is 17.8 Å². The highest BCUT2D eigenvalue weighted by Crippen LogP contribution is 2.27. The van der Waals surface area contributed by atoms with Gasteiger partial charge >= 0.3 is 0 Å². The van der Waals surface area contributed by atoms with E-state index in [0.717, 1.165) is 5.56 Å². The lowest BCUT2D eigenvalue weighted by Crippen LogP contribution is -1.97. The zero-order valence-electron chi connectivity index (χ0n) is 7.57. The smallest absolute Gasteiger partial charge is 0.257 e. The fourth-order valence-electron chi connectivity index (χ4n) is 1.05. The van der Waals surface area contributed by atoms with Crippen LogP contribution in [0, 0.1) is 11.3 Å². The molecule has 0 N–H and O–H groups in total. The van der Waals surface area contributed by atoms with E-state index < -0.39 is 0 Å². The average Bonchev–Trinajstić information content (AvgIpc) is 2.18. The minimum Gasteiger partial charge on any atom is -0.491 e. The van der Waals surface area contributed by atoms with Crippen molar-refractivity contribution in [1.82, 2.24) is 4.98 Å². The van der Waals surface area contributed by atoms with Gasteiger partial charge in [0.25, 0.3) is 5.88 Å². The second-order valence-corrected chi connectivity index (χ2v) is 2.35. The molecule has 1 aromatic heterocycles. The van der Waals surface area contributed by atoms with E-state index in [0.29, 0.717) is 18.1 Å². The molecule has 1 rings (SSSR count). The second kappa shape index (κ2) is 4.31. The third-order valence-corrected chi connectivity index (χ3v) is 1.62. The molecule has 4 heteroatoms. The van der Waals surface area contributed by atoms with Gasteiger partial charge in [-0.15, -0.1) is 0 Å². The van der Waals surface area contributed by atoms with Crippen molar-refractivity contribution in [2.75, 3.05) is 14.2 Å². The standard InChI is InChI=1S/C9H10N2O2/c1-12-8-7(3-5-10)4-6-11-9(8)13-2/h4,6H,3H2,1-2H3. The normalized spacial score (nSPS) is 9.00. The van der Waals surface area contributed by atoms with Crippen LogP contribution in [0.25, 0.3) is 0 Å². The number of pyridine rings is 1. The monoisotopic (exact) mass is 178 g/mol. The first-order valence-corrected chi connectivity index (χ1v) is 3.76. The summed E-state index contributed by atoms with van der Waals surface area (Å²) in [7, 11) is 3.04. The van der Waals surface area contributed by atoms with E-state index in [1.54, 1.807) is 12.3 Å². The highest BCUT2D eigenvalue weighted by atomic mass is 16.5. The van der Waals surface area contributed by atoms with Crippen LogP contribution < -0.4 is 9.47 Å². The van der Waals surface area contributed by atoms with Crippen molar-refractivity contribution in [3.63, 3.8) is 0 Å². The predicted molar refractivity (Wildman–Crippen MR) is 46.7 cm³/mol. The molecule has 0 aliphatic carbocycles. The van der Waals surface area contributed by atoms with E-state index in [1.165, 1.54) is 14.2 Å². The van der Waals surface area contributed by atoms with Gasteiger partial charge in [-0.1, -0.05) is 0 Å². The van der Waals surface area contributed by atoms with Crippen LogP contribution in [-0.2, 0) is 6.42 Å². The summed E-state index contributed by atoms with van der Waals surface area (Å²) >= 11 is 0. The molecule has 0 fully saturated rings. The van der Waals surface area contributed by atoms with Crippen LogP contribution in [0.1, 0.15) is 5.56 Å². The number of aromatic nitrogens is 1. The minimum absolute atomic E-state index is 0.294. The lowest BCUT2D eigenvalue weighted by Gasteiger charge is -2.08. The summed E-state index contributed by atoms with van der Waals surface area (Å²) in [5, 5.41) is 8.54.